The number of nitrogen functional groups attached to an aromatic ring is 2. The molecule has 2 aromatic rings. The zero-order valence-corrected chi connectivity index (χ0v) is 13.1. The number of aromatic nitrogens is 1. The average molecular weight is 338 g/mol. The highest BCUT2D eigenvalue weighted by atomic mass is 32.1. The third-order valence-electron chi connectivity index (χ3n) is 3.81. The lowest BCUT2D eigenvalue weighted by atomic mass is 10.0. The molecule has 8 heteroatoms. The fourth-order valence-electron chi connectivity index (χ4n) is 2.76. The van der Waals surface area contributed by atoms with E-state index in [-0.39, 0.29) is 15.8 Å². The van der Waals surface area contributed by atoms with E-state index in [0.717, 1.165) is 37.3 Å². The van der Waals surface area contributed by atoms with Crippen molar-refractivity contribution in [3.63, 3.8) is 0 Å². The van der Waals surface area contributed by atoms with Gasteiger partial charge in [0.2, 0.25) is 5.78 Å². The van der Waals surface area contributed by atoms with Crippen molar-refractivity contribution >= 4 is 28.1 Å². The molecule has 1 aromatic carbocycles. The molecule has 0 atom stereocenters. The fraction of sp³-hybridized carbons (Fsp3) is 0.333. The first kappa shape index (κ1) is 15.8. The SMILES string of the molecule is Nc1nc(N)c(C(=O)c2c(F)cc(CN3CCCC3)cc2F)s1. The number of carbonyl (C=O) groups is 1. The summed E-state index contributed by atoms with van der Waals surface area (Å²) in [5.41, 5.74) is 10.9. The smallest absolute Gasteiger partial charge is 0.212 e. The van der Waals surface area contributed by atoms with Gasteiger partial charge < -0.3 is 11.5 Å². The van der Waals surface area contributed by atoms with E-state index in [1.165, 1.54) is 12.1 Å². The first-order valence-corrected chi connectivity index (χ1v) is 8.04. The lowest BCUT2D eigenvalue weighted by Crippen LogP contribution is -2.19. The molecule has 4 N–H and O–H groups in total. The summed E-state index contributed by atoms with van der Waals surface area (Å²) < 4.78 is 28.6. The van der Waals surface area contributed by atoms with Gasteiger partial charge in [-0.2, -0.15) is 0 Å². The largest absolute Gasteiger partial charge is 0.382 e. The quantitative estimate of drug-likeness (QED) is 0.836. The minimum atomic E-state index is -0.893. The first-order valence-electron chi connectivity index (χ1n) is 7.22. The molecule has 3 rings (SSSR count). The molecule has 1 fully saturated rings. The van der Waals surface area contributed by atoms with E-state index in [1.807, 2.05) is 0 Å². The van der Waals surface area contributed by atoms with E-state index in [4.69, 9.17) is 11.5 Å². The molecule has 0 bridgehead atoms. The summed E-state index contributed by atoms with van der Waals surface area (Å²) in [4.78, 5) is 18.1. The van der Waals surface area contributed by atoms with Gasteiger partial charge in [-0.15, -0.1) is 0 Å². The summed E-state index contributed by atoms with van der Waals surface area (Å²) >= 11 is 0.816. The lowest BCUT2D eigenvalue weighted by Gasteiger charge is -2.15. The van der Waals surface area contributed by atoms with Gasteiger partial charge in [0.1, 0.15) is 22.3 Å². The maximum atomic E-state index is 14.3. The predicted molar refractivity (Wildman–Crippen MR) is 85.2 cm³/mol. The summed E-state index contributed by atoms with van der Waals surface area (Å²) in [6, 6.07) is 2.41. The standard InChI is InChI=1S/C15H16F2N4OS/c16-9-5-8(7-21-3-1-2-4-21)6-10(17)11(9)12(22)13-14(18)20-15(19)23-13/h5-6H,1-4,7,18H2,(H2,19,20). The topological polar surface area (TPSA) is 85.2 Å². The minimum absolute atomic E-state index is 0.0485. The molecule has 0 aliphatic carbocycles. The highest BCUT2D eigenvalue weighted by Crippen LogP contribution is 2.28. The van der Waals surface area contributed by atoms with Crippen LogP contribution in [0.15, 0.2) is 12.1 Å². The van der Waals surface area contributed by atoms with Crippen molar-refractivity contribution in [2.45, 2.75) is 19.4 Å². The van der Waals surface area contributed by atoms with E-state index in [1.54, 1.807) is 0 Å². The molecule has 23 heavy (non-hydrogen) atoms. The molecule has 0 unspecified atom stereocenters. The van der Waals surface area contributed by atoms with Crippen LogP contribution in [0.3, 0.4) is 0 Å². The number of hydrogen-bond acceptors (Lipinski definition) is 6. The number of anilines is 2. The summed E-state index contributed by atoms with van der Waals surface area (Å²) in [7, 11) is 0. The Balaban J connectivity index is 1.90. The highest BCUT2D eigenvalue weighted by molar-refractivity contribution is 7.18. The Hall–Kier alpha value is -2.06. The Labute approximate surface area is 135 Å². The highest BCUT2D eigenvalue weighted by Gasteiger charge is 2.25. The number of nitrogens with two attached hydrogens (primary N) is 2. The normalized spacial score (nSPS) is 15.2. The number of nitrogens with zero attached hydrogens (tertiary/aromatic N) is 2. The number of ketones is 1. The first-order chi connectivity index (χ1) is 11.0. The van der Waals surface area contributed by atoms with Gasteiger partial charge in [-0.25, -0.2) is 13.8 Å². The lowest BCUT2D eigenvalue weighted by molar-refractivity contribution is 0.103. The third kappa shape index (κ3) is 3.18. The van der Waals surface area contributed by atoms with Gasteiger partial charge in [-0.3, -0.25) is 9.69 Å². The van der Waals surface area contributed by atoms with Crippen molar-refractivity contribution in [2.75, 3.05) is 24.6 Å². The number of benzene rings is 1. The molecule has 1 aliphatic heterocycles. The maximum absolute atomic E-state index is 14.3. The zero-order chi connectivity index (χ0) is 16.6. The Morgan fingerprint density at radius 3 is 2.35 bits per heavy atom. The molecule has 0 spiro atoms. The molecule has 0 amide bonds. The van der Waals surface area contributed by atoms with E-state index in [9.17, 15) is 13.6 Å². The van der Waals surface area contributed by atoms with Crippen LogP contribution in [-0.4, -0.2) is 28.8 Å². The van der Waals surface area contributed by atoms with Crippen LogP contribution in [0, 0.1) is 11.6 Å². The van der Waals surface area contributed by atoms with Crippen LogP contribution in [0.4, 0.5) is 19.7 Å². The summed E-state index contributed by atoms with van der Waals surface area (Å²) in [6.45, 7) is 2.30. The molecule has 1 saturated heterocycles. The Kier molecular flexibility index (Phi) is 4.27. The molecule has 0 saturated carbocycles. The van der Waals surface area contributed by atoms with Crippen molar-refractivity contribution in [3.05, 3.63) is 39.8 Å². The number of rotatable bonds is 4. The van der Waals surface area contributed by atoms with Crippen LogP contribution < -0.4 is 11.5 Å². The van der Waals surface area contributed by atoms with Gasteiger partial charge in [0.05, 0.1) is 5.56 Å². The van der Waals surface area contributed by atoms with E-state index >= 15 is 0 Å². The number of carbonyl (C=O) groups excluding carboxylic acids is 1. The molecule has 0 radical (unpaired) electrons. The van der Waals surface area contributed by atoms with Crippen molar-refractivity contribution in [1.82, 2.24) is 9.88 Å². The van der Waals surface area contributed by atoms with Gasteiger partial charge in [0.15, 0.2) is 5.13 Å². The average Bonchev–Trinajstić information content (AvgIpc) is 3.07. The molecule has 1 aromatic heterocycles. The van der Waals surface area contributed by atoms with Crippen LogP contribution in [0.5, 0.6) is 0 Å². The molecular weight excluding hydrogens is 322 g/mol. The summed E-state index contributed by atoms with van der Waals surface area (Å²) in [5.74, 6) is -2.73. The monoisotopic (exact) mass is 338 g/mol. The zero-order valence-electron chi connectivity index (χ0n) is 12.3. The van der Waals surface area contributed by atoms with Gasteiger partial charge >= 0.3 is 0 Å². The molecular formula is C15H16F2N4OS. The summed E-state index contributed by atoms with van der Waals surface area (Å²) in [5, 5.41) is 0.0809. The predicted octanol–water partition coefficient (Wildman–Crippen LogP) is 2.41. The van der Waals surface area contributed by atoms with Gasteiger partial charge in [-0.1, -0.05) is 11.3 Å². The Bertz CT molecular complexity index is 733. The van der Waals surface area contributed by atoms with E-state index in [0.29, 0.717) is 12.1 Å². The second-order valence-corrected chi connectivity index (χ2v) is 6.54. The summed E-state index contributed by atoms with van der Waals surface area (Å²) in [6.07, 6.45) is 2.18. The van der Waals surface area contributed by atoms with Crippen molar-refractivity contribution in [3.8, 4) is 0 Å². The third-order valence-corrected chi connectivity index (χ3v) is 4.71. The molecule has 2 heterocycles. The van der Waals surface area contributed by atoms with Crippen LogP contribution in [-0.2, 0) is 6.54 Å². The van der Waals surface area contributed by atoms with Gasteiger partial charge in [-0.05, 0) is 43.6 Å². The number of halogens is 2. The van der Waals surface area contributed by atoms with Crippen LogP contribution in [0.2, 0.25) is 0 Å². The van der Waals surface area contributed by atoms with Crippen LogP contribution in [0.25, 0.3) is 0 Å². The Morgan fingerprint density at radius 1 is 1.22 bits per heavy atom. The van der Waals surface area contributed by atoms with Crippen molar-refractivity contribution in [2.24, 2.45) is 0 Å². The van der Waals surface area contributed by atoms with E-state index in [2.05, 4.69) is 9.88 Å². The van der Waals surface area contributed by atoms with E-state index < -0.39 is 23.0 Å². The minimum Gasteiger partial charge on any atom is -0.382 e. The number of hydrogen-bond donors (Lipinski definition) is 2. The number of likely N-dealkylation sites (tertiary alicyclic amines) is 1. The molecule has 1 aliphatic rings. The van der Waals surface area contributed by atoms with Gasteiger partial charge in [0.25, 0.3) is 0 Å². The molecule has 122 valence electrons. The van der Waals surface area contributed by atoms with Crippen LogP contribution in [0.1, 0.15) is 33.6 Å². The maximum Gasteiger partial charge on any atom is 0.212 e. The molecule has 5 nitrogen and oxygen atoms in total. The van der Waals surface area contributed by atoms with Crippen LogP contribution >= 0.6 is 11.3 Å². The second kappa shape index (κ2) is 6.21. The number of thiazole rings is 1. The van der Waals surface area contributed by atoms with Crippen molar-refractivity contribution < 1.29 is 13.6 Å². The fourth-order valence-corrected chi connectivity index (χ4v) is 3.46. The van der Waals surface area contributed by atoms with Crippen molar-refractivity contribution in [1.29, 1.82) is 0 Å². The van der Waals surface area contributed by atoms with Gasteiger partial charge in [0, 0.05) is 6.54 Å². The second-order valence-electron chi connectivity index (χ2n) is 5.51. The Morgan fingerprint density at radius 2 is 1.83 bits per heavy atom.